The molecule has 1 amide bonds. The number of carboxylic acid groups (broad SMARTS) is 1. The first-order valence-electron chi connectivity index (χ1n) is 7.99. The fourth-order valence-electron chi connectivity index (χ4n) is 2.61. The van der Waals surface area contributed by atoms with Crippen molar-refractivity contribution in [2.45, 2.75) is 25.3 Å². The van der Waals surface area contributed by atoms with Crippen molar-refractivity contribution in [2.24, 2.45) is 0 Å². The Morgan fingerprint density at radius 3 is 2.26 bits per heavy atom. The molecule has 0 heterocycles. The molecule has 9 heteroatoms. The molecule has 2 aromatic carbocycles. The number of aromatic hydroxyl groups is 2. The zero-order chi connectivity index (χ0) is 20.2. The Hall–Kier alpha value is -3.62. The minimum Gasteiger partial charge on any atom is -0.508 e. The van der Waals surface area contributed by atoms with Crippen molar-refractivity contribution in [2.75, 3.05) is 0 Å². The van der Waals surface area contributed by atoms with Crippen LogP contribution in [0.4, 0.5) is 5.69 Å². The summed E-state index contributed by atoms with van der Waals surface area (Å²) in [5.41, 5.74) is -1.71. The summed E-state index contributed by atoms with van der Waals surface area (Å²) in [5.74, 6) is -2.70. The van der Waals surface area contributed by atoms with Crippen LogP contribution in [0, 0.1) is 10.1 Å². The third-order valence-corrected chi connectivity index (χ3v) is 4.24. The quantitative estimate of drug-likeness (QED) is 0.428. The van der Waals surface area contributed by atoms with Crippen molar-refractivity contribution < 1.29 is 29.8 Å². The Labute approximate surface area is 154 Å². The summed E-state index contributed by atoms with van der Waals surface area (Å²) >= 11 is 0. The van der Waals surface area contributed by atoms with E-state index in [-0.39, 0.29) is 24.2 Å². The zero-order valence-corrected chi connectivity index (χ0v) is 14.4. The van der Waals surface area contributed by atoms with Crippen LogP contribution in [0.1, 0.15) is 29.3 Å². The van der Waals surface area contributed by atoms with E-state index in [2.05, 4.69) is 5.32 Å². The molecule has 1 atom stereocenters. The highest BCUT2D eigenvalue weighted by Gasteiger charge is 2.39. The van der Waals surface area contributed by atoms with Gasteiger partial charge in [0.2, 0.25) is 0 Å². The molecule has 2 aromatic rings. The molecule has 0 saturated carbocycles. The highest BCUT2D eigenvalue weighted by Crippen LogP contribution is 2.27. The van der Waals surface area contributed by atoms with Gasteiger partial charge >= 0.3 is 11.7 Å². The van der Waals surface area contributed by atoms with Crippen molar-refractivity contribution in [3.63, 3.8) is 0 Å². The number of benzene rings is 2. The summed E-state index contributed by atoms with van der Waals surface area (Å²) in [7, 11) is 0. The minimum atomic E-state index is -1.63. The summed E-state index contributed by atoms with van der Waals surface area (Å²) in [5, 5.41) is 41.9. The fourth-order valence-corrected chi connectivity index (χ4v) is 2.61. The number of carbonyl (C=O) groups excluding carboxylic acids is 1. The lowest BCUT2D eigenvalue weighted by molar-refractivity contribution is -0.385. The molecule has 0 radical (unpaired) electrons. The van der Waals surface area contributed by atoms with Gasteiger partial charge < -0.3 is 20.6 Å². The van der Waals surface area contributed by atoms with Crippen LogP contribution in [0.2, 0.25) is 0 Å². The van der Waals surface area contributed by atoms with Crippen molar-refractivity contribution in [3.8, 4) is 11.5 Å². The number of nitro groups is 1. The van der Waals surface area contributed by atoms with Crippen LogP contribution in [-0.4, -0.2) is 37.7 Å². The maximum absolute atomic E-state index is 12.5. The van der Waals surface area contributed by atoms with Crippen molar-refractivity contribution in [1.29, 1.82) is 0 Å². The summed E-state index contributed by atoms with van der Waals surface area (Å²) in [6, 6.07) is 8.94. The molecule has 9 nitrogen and oxygen atoms in total. The number of nitrogens with zero attached hydrogens (tertiary/aromatic N) is 1. The molecule has 0 fully saturated rings. The average molecular weight is 374 g/mol. The number of phenolic OH excluding ortho intramolecular Hbond substituents is 2. The van der Waals surface area contributed by atoms with E-state index in [4.69, 9.17) is 0 Å². The van der Waals surface area contributed by atoms with E-state index in [9.17, 15) is 35.0 Å². The topological polar surface area (TPSA) is 150 Å². The van der Waals surface area contributed by atoms with Crippen LogP contribution >= 0.6 is 0 Å². The second-order valence-corrected chi connectivity index (χ2v) is 6.00. The number of nitro benzene ring substituents is 1. The van der Waals surface area contributed by atoms with Gasteiger partial charge in [-0.3, -0.25) is 14.9 Å². The lowest BCUT2D eigenvalue weighted by Gasteiger charge is -2.29. The number of nitrogens with one attached hydrogen (secondary N) is 1. The van der Waals surface area contributed by atoms with Gasteiger partial charge in [-0.25, -0.2) is 4.79 Å². The van der Waals surface area contributed by atoms with E-state index >= 15 is 0 Å². The largest absolute Gasteiger partial charge is 0.508 e. The summed E-state index contributed by atoms with van der Waals surface area (Å²) < 4.78 is 0. The van der Waals surface area contributed by atoms with Gasteiger partial charge in [0.15, 0.2) is 5.75 Å². The number of rotatable bonds is 7. The lowest BCUT2D eigenvalue weighted by atomic mass is 9.87. The molecule has 0 aromatic heterocycles. The van der Waals surface area contributed by atoms with Crippen LogP contribution in [0.15, 0.2) is 42.5 Å². The van der Waals surface area contributed by atoms with Crippen molar-refractivity contribution in [1.82, 2.24) is 5.32 Å². The Bertz CT molecular complexity index is 880. The third kappa shape index (κ3) is 4.32. The maximum atomic E-state index is 12.5. The first-order chi connectivity index (χ1) is 12.7. The van der Waals surface area contributed by atoms with Gasteiger partial charge in [-0.2, -0.15) is 0 Å². The van der Waals surface area contributed by atoms with Gasteiger partial charge in [-0.1, -0.05) is 19.1 Å². The first kappa shape index (κ1) is 19.7. The summed E-state index contributed by atoms with van der Waals surface area (Å²) in [6.07, 6.45) is 0.0255. The zero-order valence-electron chi connectivity index (χ0n) is 14.4. The normalized spacial score (nSPS) is 12.8. The maximum Gasteiger partial charge on any atom is 0.329 e. The third-order valence-electron chi connectivity index (χ3n) is 4.24. The van der Waals surface area contributed by atoms with Crippen molar-refractivity contribution >= 4 is 17.6 Å². The molecule has 1 unspecified atom stereocenters. The number of aliphatic carboxylic acids is 1. The number of hydrogen-bond donors (Lipinski definition) is 4. The van der Waals surface area contributed by atoms with Gasteiger partial charge in [0.05, 0.1) is 4.92 Å². The van der Waals surface area contributed by atoms with Crippen LogP contribution in [-0.2, 0) is 11.2 Å². The second-order valence-electron chi connectivity index (χ2n) is 6.00. The molecule has 0 aliphatic carbocycles. The Kier molecular flexibility index (Phi) is 5.64. The predicted octanol–water partition coefficient (Wildman–Crippen LogP) is 2.21. The minimum absolute atomic E-state index is 0.0292. The molecule has 2 rings (SSSR count). The number of phenols is 2. The molecule has 0 aliphatic rings. The van der Waals surface area contributed by atoms with Crippen molar-refractivity contribution in [3.05, 3.63) is 63.7 Å². The Morgan fingerprint density at radius 1 is 1.15 bits per heavy atom. The fraction of sp³-hybridized carbons (Fsp3) is 0.222. The molecule has 0 saturated heterocycles. The number of carbonyl (C=O) groups is 2. The predicted molar refractivity (Wildman–Crippen MR) is 94.7 cm³/mol. The number of amides is 1. The van der Waals surface area contributed by atoms with Crippen LogP contribution in [0.5, 0.6) is 11.5 Å². The van der Waals surface area contributed by atoms with Crippen LogP contribution in [0.25, 0.3) is 0 Å². The first-order valence-corrected chi connectivity index (χ1v) is 7.99. The highest BCUT2D eigenvalue weighted by molar-refractivity contribution is 5.98. The molecule has 4 N–H and O–H groups in total. The Balaban J connectivity index is 2.31. The smallest absolute Gasteiger partial charge is 0.329 e. The van der Waals surface area contributed by atoms with E-state index in [1.165, 1.54) is 12.1 Å². The molecule has 142 valence electrons. The van der Waals surface area contributed by atoms with Gasteiger partial charge in [-0.05, 0) is 36.2 Å². The van der Waals surface area contributed by atoms with E-state index in [1.807, 2.05) is 0 Å². The molecule has 0 bridgehead atoms. The molecule has 0 spiro atoms. The van der Waals surface area contributed by atoms with E-state index in [1.54, 1.807) is 19.1 Å². The number of carboxylic acids is 1. The van der Waals surface area contributed by atoms with Gasteiger partial charge in [0.25, 0.3) is 5.91 Å². The average Bonchev–Trinajstić information content (AvgIpc) is 2.62. The van der Waals surface area contributed by atoms with Crippen LogP contribution < -0.4 is 5.32 Å². The summed E-state index contributed by atoms with van der Waals surface area (Å²) in [4.78, 5) is 34.4. The molecule has 0 aliphatic heterocycles. The lowest BCUT2D eigenvalue weighted by Crippen LogP contribution is -2.55. The van der Waals surface area contributed by atoms with E-state index in [0.717, 1.165) is 18.2 Å². The van der Waals surface area contributed by atoms with Gasteiger partial charge in [0, 0.05) is 18.1 Å². The monoisotopic (exact) mass is 374 g/mol. The standard InChI is InChI=1S/C18H18N2O7/c1-2-18(17(24)25,10-11-3-6-13(21)7-4-11)19-16(23)12-5-8-14(20(26)27)15(22)9-12/h3-9,21-22H,2,10H2,1H3,(H,19,23)(H,24,25). The van der Waals surface area contributed by atoms with E-state index < -0.39 is 33.8 Å². The Morgan fingerprint density at radius 2 is 1.78 bits per heavy atom. The number of hydrogen-bond acceptors (Lipinski definition) is 6. The second kappa shape index (κ2) is 7.73. The van der Waals surface area contributed by atoms with E-state index in [0.29, 0.717) is 5.56 Å². The SMILES string of the molecule is CCC(Cc1ccc(O)cc1)(NC(=O)c1ccc([N+](=O)[O-])c(O)c1)C(=O)O. The van der Waals surface area contributed by atoms with Crippen LogP contribution in [0.3, 0.4) is 0 Å². The van der Waals surface area contributed by atoms with Gasteiger partial charge in [-0.15, -0.1) is 0 Å². The molecule has 27 heavy (non-hydrogen) atoms. The molecular weight excluding hydrogens is 356 g/mol. The van der Waals surface area contributed by atoms with Gasteiger partial charge in [0.1, 0.15) is 11.3 Å². The molecular formula is C18H18N2O7. The summed E-state index contributed by atoms with van der Waals surface area (Å²) in [6.45, 7) is 1.60. The highest BCUT2D eigenvalue weighted by atomic mass is 16.6.